The van der Waals surface area contributed by atoms with Gasteiger partial charge in [-0.3, -0.25) is 10.3 Å². The van der Waals surface area contributed by atoms with E-state index >= 15 is 0 Å². The van der Waals surface area contributed by atoms with E-state index in [0.29, 0.717) is 5.84 Å². The van der Waals surface area contributed by atoms with Crippen LogP contribution >= 0.6 is 0 Å². The second-order valence-electron chi connectivity index (χ2n) is 6.61. The molecule has 1 aliphatic heterocycles. The molecule has 0 unspecified atom stereocenters. The van der Waals surface area contributed by atoms with Crippen LogP contribution in [0.5, 0.6) is 0 Å². The minimum Gasteiger partial charge on any atom is -0.387 e. The average molecular weight is 255 g/mol. The number of ether oxygens (including phenoxy) is 1. The van der Waals surface area contributed by atoms with Crippen LogP contribution in [0, 0.1) is 10.8 Å². The molecule has 1 aliphatic rings. The molecule has 3 N–H and O–H groups in total. The lowest BCUT2D eigenvalue weighted by atomic mass is 9.86. The Morgan fingerprint density at radius 2 is 2.06 bits per heavy atom. The smallest absolute Gasteiger partial charge is 0.0963 e. The zero-order valence-electron chi connectivity index (χ0n) is 12.4. The van der Waals surface area contributed by atoms with Gasteiger partial charge in [0.05, 0.1) is 19.0 Å². The Kier molecular flexibility index (Phi) is 5.17. The minimum absolute atomic E-state index is 0.152. The van der Waals surface area contributed by atoms with E-state index in [0.717, 1.165) is 39.1 Å². The van der Waals surface area contributed by atoms with E-state index in [9.17, 15) is 0 Å². The highest BCUT2D eigenvalue weighted by Crippen LogP contribution is 2.24. The second-order valence-corrected chi connectivity index (χ2v) is 6.61. The number of unbranched alkanes of at least 4 members (excludes halogenated alkanes) is 1. The van der Waals surface area contributed by atoms with Crippen LogP contribution < -0.4 is 5.73 Å². The molecule has 1 fully saturated rings. The van der Waals surface area contributed by atoms with E-state index in [2.05, 4.69) is 18.7 Å². The molecule has 0 spiro atoms. The van der Waals surface area contributed by atoms with Crippen LogP contribution in [0.3, 0.4) is 0 Å². The lowest BCUT2D eigenvalue weighted by Gasteiger charge is -2.42. The fraction of sp³-hybridized carbons (Fsp3) is 0.929. The van der Waals surface area contributed by atoms with Crippen molar-refractivity contribution in [3.8, 4) is 0 Å². The molecule has 18 heavy (non-hydrogen) atoms. The topological polar surface area (TPSA) is 62.3 Å². The molecule has 0 aliphatic carbocycles. The largest absolute Gasteiger partial charge is 0.387 e. The molecular weight excluding hydrogens is 226 g/mol. The van der Waals surface area contributed by atoms with Crippen molar-refractivity contribution in [3.05, 3.63) is 0 Å². The molecule has 4 heteroatoms. The molecule has 4 nitrogen and oxygen atoms in total. The predicted molar refractivity (Wildman–Crippen MR) is 76.0 cm³/mol. The molecule has 0 atom stereocenters. The number of rotatable bonds is 6. The predicted octanol–water partition coefficient (Wildman–Crippen LogP) is 2.23. The Hall–Kier alpha value is -0.610. The van der Waals surface area contributed by atoms with Gasteiger partial charge in [-0.05, 0) is 33.2 Å². The van der Waals surface area contributed by atoms with Crippen LogP contribution in [0.25, 0.3) is 0 Å². The summed E-state index contributed by atoms with van der Waals surface area (Å²) in [5.41, 5.74) is 5.60. The van der Waals surface area contributed by atoms with Gasteiger partial charge >= 0.3 is 0 Å². The van der Waals surface area contributed by atoms with Gasteiger partial charge in [0.2, 0.25) is 0 Å². The third-order valence-corrected chi connectivity index (χ3v) is 4.03. The molecular formula is C14H29N3O. The van der Waals surface area contributed by atoms with Gasteiger partial charge in [-0.15, -0.1) is 0 Å². The van der Waals surface area contributed by atoms with Gasteiger partial charge in [-0.25, -0.2) is 0 Å². The molecule has 0 aromatic heterocycles. The quantitative estimate of drug-likeness (QED) is 0.434. The summed E-state index contributed by atoms with van der Waals surface area (Å²) in [5.74, 6) is 0.300. The SMILES string of the molecule is CC(C)(CCCCN1CCOCC1(C)C)C(=N)N. The van der Waals surface area contributed by atoms with Gasteiger partial charge in [-0.2, -0.15) is 0 Å². The Labute approximate surface area is 111 Å². The standard InChI is InChI=1S/C14H29N3O/c1-13(2,12(15)16)7-5-6-8-17-9-10-18-11-14(17,3)4/h5-11H2,1-4H3,(H3,15,16). The van der Waals surface area contributed by atoms with Crippen LogP contribution in [-0.4, -0.2) is 42.6 Å². The third kappa shape index (κ3) is 4.25. The summed E-state index contributed by atoms with van der Waals surface area (Å²) in [4.78, 5) is 2.51. The van der Waals surface area contributed by atoms with Gasteiger partial charge in [0, 0.05) is 17.5 Å². The highest BCUT2D eigenvalue weighted by atomic mass is 16.5. The van der Waals surface area contributed by atoms with Gasteiger partial charge in [-0.1, -0.05) is 20.3 Å². The van der Waals surface area contributed by atoms with Crippen LogP contribution in [-0.2, 0) is 4.74 Å². The van der Waals surface area contributed by atoms with E-state index in [1.54, 1.807) is 0 Å². The van der Waals surface area contributed by atoms with Crippen LogP contribution in [0.4, 0.5) is 0 Å². The Balaban J connectivity index is 2.27. The van der Waals surface area contributed by atoms with Crippen molar-refractivity contribution in [2.45, 2.75) is 52.5 Å². The summed E-state index contributed by atoms with van der Waals surface area (Å²) >= 11 is 0. The maximum atomic E-state index is 7.54. The number of nitrogens with zero attached hydrogens (tertiary/aromatic N) is 1. The zero-order valence-corrected chi connectivity index (χ0v) is 12.4. The first-order chi connectivity index (χ1) is 8.26. The molecule has 0 aromatic carbocycles. The molecule has 1 heterocycles. The minimum atomic E-state index is -0.152. The summed E-state index contributed by atoms with van der Waals surface area (Å²) in [5, 5.41) is 7.54. The fourth-order valence-electron chi connectivity index (χ4n) is 2.31. The van der Waals surface area contributed by atoms with Crippen molar-refractivity contribution in [2.75, 3.05) is 26.3 Å². The fourth-order valence-corrected chi connectivity index (χ4v) is 2.31. The van der Waals surface area contributed by atoms with Crippen molar-refractivity contribution in [3.63, 3.8) is 0 Å². The highest BCUT2D eigenvalue weighted by Gasteiger charge is 2.30. The van der Waals surface area contributed by atoms with Gasteiger partial charge in [0.1, 0.15) is 0 Å². The third-order valence-electron chi connectivity index (χ3n) is 4.03. The molecule has 106 valence electrons. The van der Waals surface area contributed by atoms with Crippen molar-refractivity contribution >= 4 is 5.84 Å². The first-order valence-corrected chi connectivity index (χ1v) is 6.93. The Morgan fingerprint density at radius 3 is 2.61 bits per heavy atom. The second kappa shape index (κ2) is 6.02. The van der Waals surface area contributed by atoms with E-state index in [1.807, 2.05) is 13.8 Å². The summed E-state index contributed by atoms with van der Waals surface area (Å²) in [7, 11) is 0. The number of hydrogen-bond donors (Lipinski definition) is 2. The molecule has 0 amide bonds. The lowest BCUT2D eigenvalue weighted by Crippen LogP contribution is -2.53. The summed E-state index contributed by atoms with van der Waals surface area (Å²) in [6, 6.07) is 0. The Bertz CT molecular complexity index is 287. The first kappa shape index (κ1) is 15.4. The van der Waals surface area contributed by atoms with Crippen molar-refractivity contribution in [2.24, 2.45) is 11.1 Å². The van der Waals surface area contributed by atoms with Crippen LogP contribution in [0.1, 0.15) is 47.0 Å². The maximum absolute atomic E-state index is 7.54. The highest BCUT2D eigenvalue weighted by molar-refractivity contribution is 5.82. The van der Waals surface area contributed by atoms with Crippen LogP contribution in [0.2, 0.25) is 0 Å². The molecule has 0 bridgehead atoms. The van der Waals surface area contributed by atoms with E-state index in [-0.39, 0.29) is 11.0 Å². The summed E-state index contributed by atoms with van der Waals surface area (Å²) < 4.78 is 5.52. The molecule has 1 rings (SSSR count). The van der Waals surface area contributed by atoms with Gasteiger partial charge in [0.15, 0.2) is 0 Å². The lowest BCUT2D eigenvalue weighted by molar-refractivity contribution is -0.0514. The maximum Gasteiger partial charge on any atom is 0.0963 e. The number of hydrogen-bond acceptors (Lipinski definition) is 3. The van der Waals surface area contributed by atoms with E-state index in [4.69, 9.17) is 15.9 Å². The first-order valence-electron chi connectivity index (χ1n) is 6.93. The molecule has 0 radical (unpaired) electrons. The summed E-state index contributed by atoms with van der Waals surface area (Å²) in [6.07, 6.45) is 3.28. The number of nitrogens with one attached hydrogen (secondary N) is 1. The monoisotopic (exact) mass is 255 g/mol. The van der Waals surface area contributed by atoms with Gasteiger partial charge < -0.3 is 10.5 Å². The summed E-state index contributed by atoms with van der Waals surface area (Å²) in [6.45, 7) is 12.4. The van der Waals surface area contributed by atoms with Crippen LogP contribution in [0.15, 0.2) is 0 Å². The Morgan fingerprint density at radius 1 is 1.39 bits per heavy atom. The zero-order chi connectivity index (χ0) is 13.8. The molecule has 1 saturated heterocycles. The van der Waals surface area contributed by atoms with Crippen molar-refractivity contribution in [1.29, 1.82) is 5.41 Å². The molecule has 0 saturated carbocycles. The molecule has 0 aromatic rings. The van der Waals surface area contributed by atoms with E-state index < -0.39 is 0 Å². The van der Waals surface area contributed by atoms with Gasteiger partial charge in [0.25, 0.3) is 0 Å². The normalized spacial score (nSPS) is 20.9. The number of morpholine rings is 1. The van der Waals surface area contributed by atoms with E-state index in [1.165, 1.54) is 6.42 Å². The number of amidine groups is 1. The number of nitrogens with two attached hydrogens (primary N) is 1. The average Bonchev–Trinajstić information content (AvgIpc) is 2.25. The van der Waals surface area contributed by atoms with Crippen molar-refractivity contribution < 1.29 is 4.74 Å². The van der Waals surface area contributed by atoms with Crippen molar-refractivity contribution in [1.82, 2.24) is 4.90 Å².